The number of thiazole rings is 1. The quantitative estimate of drug-likeness (QED) is 0.456. The minimum absolute atomic E-state index is 0.133. The Hall–Kier alpha value is -2.33. The van der Waals surface area contributed by atoms with E-state index in [-0.39, 0.29) is 27.4 Å². The van der Waals surface area contributed by atoms with Crippen LogP contribution in [0.25, 0.3) is 10.2 Å². The van der Waals surface area contributed by atoms with Crippen LogP contribution in [0.4, 0.5) is 10.8 Å². The fourth-order valence-corrected chi connectivity index (χ4v) is 4.76. The van der Waals surface area contributed by atoms with Gasteiger partial charge in [0.05, 0.1) is 32.1 Å². The second-order valence-corrected chi connectivity index (χ2v) is 8.88. The predicted octanol–water partition coefficient (Wildman–Crippen LogP) is 4.15. The lowest BCUT2D eigenvalue weighted by Crippen LogP contribution is -2.36. The average molecular weight is 469 g/mol. The first-order chi connectivity index (χ1) is 14.2. The number of nitrogens with zero attached hydrogens (tertiary/aromatic N) is 2. The molecule has 1 aliphatic heterocycles. The predicted molar refractivity (Wildman–Crippen MR) is 118 cm³/mol. The van der Waals surface area contributed by atoms with Gasteiger partial charge in [0.25, 0.3) is 5.91 Å². The Morgan fingerprint density at radius 3 is 2.57 bits per heavy atom. The highest BCUT2D eigenvalue weighted by Crippen LogP contribution is 2.36. The molecule has 0 bridgehead atoms. The van der Waals surface area contributed by atoms with Crippen molar-refractivity contribution < 1.29 is 19.8 Å². The van der Waals surface area contributed by atoms with Crippen molar-refractivity contribution >= 4 is 67.5 Å². The van der Waals surface area contributed by atoms with Gasteiger partial charge in [0.15, 0.2) is 5.13 Å². The van der Waals surface area contributed by atoms with Crippen molar-refractivity contribution in [1.82, 2.24) is 9.97 Å². The average Bonchev–Trinajstić information content (AvgIpc) is 3.23. The van der Waals surface area contributed by atoms with Crippen LogP contribution in [0.15, 0.2) is 12.1 Å². The van der Waals surface area contributed by atoms with Crippen LogP contribution >= 0.6 is 34.5 Å². The molecule has 1 aromatic carbocycles. The third-order valence-corrected chi connectivity index (χ3v) is 6.89. The van der Waals surface area contributed by atoms with Gasteiger partial charge in [-0.25, -0.2) is 9.78 Å². The summed E-state index contributed by atoms with van der Waals surface area (Å²) < 4.78 is 0.637. The first-order valence-electron chi connectivity index (χ1n) is 9.20. The van der Waals surface area contributed by atoms with Gasteiger partial charge in [-0.3, -0.25) is 10.1 Å². The molecule has 3 aromatic rings. The number of nitrogens with one attached hydrogen (secondary N) is 2. The highest BCUT2D eigenvalue weighted by molar-refractivity contribution is 7.22. The number of halogens is 2. The highest BCUT2D eigenvalue weighted by atomic mass is 35.5. The zero-order valence-electron chi connectivity index (χ0n) is 15.8. The first kappa shape index (κ1) is 20.9. The number of benzene rings is 1. The highest BCUT2D eigenvalue weighted by Gasteiger charge is 2.24. The van der Waals surface area contributed by atoms with E-state index in [1.807, 2.05) is 4.90 Å². The van der Waals surface area contributed by atoms with E-state index in [4.69, 9.17) is 23.2 Å². The molecule has 0 spiro atoms. The number of fused-ring (bicyclic) bond motifs is 1. The standard InChI is InChI=1S/C19H18Cl2N4O4S/c1-8-13(20)14(21)16(22-8)17(27)24-19-23-15-11(25-4-2-10(26)3-5-25)6-9(18(28)29)7-12(15)30-19/h6-7,10,22,26H,2-5H2,1H3,(H,28,29)(H,23,24,27). The second kappa shape index (κ2) is 8.07. The Kier molecular flexibility index (Phi) is 5.63. The summed E-state index contributed by atoms with van der Waals surface area (Å²) >= 11 is 13.3. The molecule has 4 rings (SSSR count). The van der Waals surface area contributed by atoms with E-state index in [0.29, 0.717) is 52.7 Å². The van der Waals surface area contributed by atoms with Crippen LogP contribution in [0.3, 0.4) is 0 Å². The number of carbonyl (C=O) groups excluding carboxylic acids is 1. The van der Waals surface area contributed by atoms with E-state index < -0.39 is 11.9 Å². The summed E-state index contributed by atoms with van der Waals surface area (Å²) in [5, 5.41) is 22.7. The zero-order valence-corrected chi connectivity index (χ0v) is 18.2. The molecule has 0 saturated carbocycles. The maximum absolute atomic E-state index is 12.6. The number of piperidine rings is 1. The lowest BCUT2D eigenvalue weighted by Gasteiger charge is -2.31. The van der Waals surface area contributed by atoms with Gasteiger partial charge in [-0.2, -0.15) is 0 Å². The van der Waals surface area contributed by atoms with Gasteiger partial charge in [-0.15, -0.1) is 0 Å². The molecule has 0 aliphatic carbocycles. The van der Waals surface area contributed by atoms with Gasteiger partial charge >= 0.3 is 5.97 Å². The maximum atomic E-state index is 12.6. The number of aromatic carboxylic acids is 1. The molecule has 8 nitrogen and oxygen atoms in total. The summed E-state index contributed by atoms with van der Waals surface area (Å²) in [7, 11) is 0. The number of rotatable bonds is 4. The molecule has 0 radical (unpaired) electrons. The van der Waals surface area contributed by atoms with Crippen LogP contribution in [0.2, 0.25) is 10.0 Å². The molecular formula is C19H18Cl2N4O4S. The molecule has 158 valence electrons. The second-order valence-electron chi connectivity index (χ2n) is 7.09. The van der Waals surface area contributed by atoms with Crippen molar-refractivity contribution in [3.8, 4) is 0 Å². The minimum atomic E-state index is -1.04. The number of hydrogen-bond donors (Lipinski definition) is 4. The molecule has 0 unspecified atom stereocenters. The van der Waals surface area contributed by atoms with E-state index >= 15 is 0 Å². The fraction of sp³-hybridized carbons (Fsp3) is 0.316. The number of aliphatic hydroxyl groups is 1. The van der Waals surface area contributed by atoms with Crippen molar-refractivity contribution in [2.45, 2.75) is 25.9 Å². The molecule has 2 aromatic heterocycles. The number of aromatic nitrogens is 2. The van der Waals surface area contributed by atoms with Gasteiger partial charge in [-0.05, 0) is 31.9 Å². The van der Waals surface area contributed by atoms with Crippen LogP contribution in [0.1, 0.15) is 39.4 Å². The summed E-state index contributed by atoms with van der Waals surface area (Å²) in [5.41, 5.74) is 2.13. The van der Waals surface area contributed by atoms with E-state index in [9.17, 15) is 19.8 Å². The summed E-state index contributed by atoms with van der Waals surface area (Å²) in [6.07, 6.45) is 0.834. The molecule has 1 saturated heterocycles. The van der Waals surface area contributed by atoms with E-state index in [0.717, 1.165) is 0 Å². The monoisotopic (exact) mass is 468 g/mol. The van der Waals surface area contributed by atoms with E-state index in [1.165, 1.54) is 17.4 Å². The topological polar surface area (TPSA) is 119 Å². The van der Waals surface area contributed by atoms with Gasteiger partial charge in [-0.1, -0.05) is 34.5 Å². The number of anilines is 2. The number of carbonyl (C=O) groups is 2. The van der Waals surface area contributed by atoms with Crippen LogP contribution in [-0.4, -0.2) is 51.3 Å². The van der Waals surface area contributed by atoms with Crippen molar-refractivity contribution in [2.75, 3.05) is 23.3 Å². The number of hydrogen-bond acceptors (Lipinski definition) is 6. The maximum Gasteiger partial charge on any atom is 0.335 e. The first-order valence-corrected chi connectivity index (χ1v) is 10.8. The zero-order chi connectivity index (χ0) is 21.6. The number of aryl methyl sites for hydroxylation is 1. The Bertz CT molecular complexity index is 1150. The third-order valence-electron chi connectivity index (χ3n) is 5.03. The Morgan fingerprint density at radius 2 is 1.97 bits per heavy atom. The molecule has 1 aliphatic rings. The summed E-state index contributed by atoms with van der Waals surface area (Å²) in [5.74, 6) is -1.53. The minimum Gasteiger partial charge on any atom is -0.478 e. The molecule has 0 atom stereocenters. The van der Waals surface area contributed by atoms with Crippen LogP contribution in [0.5, 0.6) is 0 Å². The Balaban J connectivity index is 1.70. The molecule has 1 fully saturated rings. The Morgan fingerprint density at radius 1 is 1.27 bits per heavy atom. The Labute approximate surface area is 185 Å². The molecule has 30 heavy (non-hydrogen) atoms. The number of aliphatic hydroxyl groups excluding tert-OH is 1. The largest absolute Gasteiger partial charge is 0.478 e. The number of aromatic amines is 1. The van der Waals surface area contributed by atoms with Gasteiger partial charge in [0, 0.05) is 18.8 Å². The summed E-state index contributed by atoms with van der Waals surface area (Å²) in [6, 6.07) is 3.12. The lowest BCUT2D eigenvalue weighted by atomic mass is 10.1. The SMILES string of the molecule is Cc1[nH]c(C(=O)Nc2nc3c(N4CCC(O)CC4)cc(C(=O)O)cc3s2)c(Cl)c1Cl. The fourth-order valence-electron chi connectivity index (χ4n) is 3.42. The number of carboxylic acids is 1. The number of carboxylic acid groups (broad SMARTS) is 1. The van der Waals surface area contributed by atoms with Crippen LogP contribution in [-0.2, 0) is 0 Å². The lowest BCUT2D eigenvalue weighted by molar-refractivity contribution is 0.0696. The van der Waals surface area contributed by atoms with Gasteiger partial charge in [0.2, 0.25) is 0 Å². The summed E-state index contributed by atoms with van der Waals surface area (Å²) in [4.78, 5) is 33.6. The third kappa shape index (κ3) is 3.85. The normalized spacial score (nSPS) is 15.0. The van der Waals surface area contributed by atoms with Gasteiger partial charge < -0.3 is 20.1 Å². The molecule has 3 heterocycles. The van der Waals surface area contributed by atoms with E-state index in [2.05, 4.69) is 15.3 Å². The van der Waals surface area contributed by atoms with E-state index in [1.54, 1.807) is 13.0 Å². The summed E-state index contributed by atoms with van der Waals surface area (Å²) in [6.45, 7) is 2.89. The van der Waals surface area contributed by atoms with Crippen molar-refractivity contribution in [1.29, 1.82) is 0 Å². The van der Waals surface area contributed by atoms with Crippen LogP contribution < -0.4 is 10.2 Å². The van der Waals surface area contributed by atoms with Crippen molar-refractivity contribution in [2.24, 2.45) is 0 Å². The molecule has 4 N–H and O–H groups in total. The molecular weight excluding hydrogens is 451 g/mol. The van der Waals surface area contributed by atoms with Crippen molar-refractivity contribution in [3.05, 3.63) is 39.1 Å². The number of amides is 1. The molecule has 11 heteroatoms. The van der Waals surface area contributed by atoms with Gasteiger partial charge in [0.1, 0.15) is 11.2 Å². The number of H-pyrrole nitrogens is 1. The smallest absolute Gasteiger partial charge is 0.335 e. The molecule has 1 amide bonds. The van der Waals surface area contributed by atoms with Crippen molar-refractivity contribution in [3.63, 3.8) is 0 Å². The van der Waals surface area contributed by atoms with Crippen LogP contribution in [0, 0.1) is 6.92 Å².